The summed E-state index contributed by atoms with van der Waals surface area (Å²) in [7, 11) is 0. The summed E-state index contributed by atoms with van der Waals surface area (Å²) in [6.07, 6.45) is 2.25. The molecule has 0 unspecified atom stereocenters. The molecule has 0 saturated heterocycles. The number of amides is 1. The number of hydrogen-bond donors (Lipinski definition) is 1. The van der Waals surface area contributed by atoms with Crippen LogP contribution in [0.1, 0.15) is 28.8 Å². The number of carbonyl (C=O) groups excluding carboxylic acids is 1. The lowest BCUT2D eigenvalue weighted by molar-refractivity contribution is 0.0950. The van der Waals surface area contributed by atoms with E-state index >= 15 is 0 Å². The van der Waals surface area contributed by atoms with Crippen LogP contribution in [0.4, 0.5) is 0 Å². The van der Waals surface area contributed by atoms with Gasteiger partial charge in [0.25, 0.3) is 5.91 Å². The Hall–Kier alpha value is -1.80. The van der Waals surface area contributed by atoms with Crippen LogP contribution in [-0.4, -0.2) is 12.5 Å². The fourth-order valence-corrected chi connectivity index (χ4v) is 2.72. The molecule has 102 valence electrons. The van der Waals surface area contributed by atoms with Gasteiger partial charge in [-0.25, -0.2) is 0 Å². The zero-order valence-electron chi connectivity index (χ0n) is 11.1. The lowest BCUT2D eigenvalue weighted by Crippen LogP contribution is -2.32. The quantitative estimate of drug-likeness (QED) is 0.909. The van der Waals surface area contributed by atoms with Gasteiger partial charge in [0, 0.05) is 12.0 Å². The average Bonchev–Trinajstić information content (AvgIpc) is 3.27. The summed E-state index contributed by atoms with van der Waals surface area (Å²) in [5.41, 5.74) is 1.97. The number of benzene rings is 2. The van der Waals surface area contributed by atoms with Gasteiger partial charge in [-0.2, -0.15) is 0 Å². The molecule has 3 rings (SSSR count). The van der Waals surface area contributed by atoms with Gasteiger partial charge < -0.3 is 5.32 Å². The van der Waals surface area contributed by atoms with Crippen LogP contribution in [0.3, 0.4) is 0 Å². The van der Waals surface area contributed by atoms with E-state index in [1.165, 1.54) is 5.56 Å². The molecule has 0 heterocycles. The Morgan fingerprint density at radius 1 is 1.05 bits per heavy atom. The first-order chi connectivity index (χ1) is 9.71. The molecule has 2 aromatic rings. The molecule has 1 saturated carbocycles. The number of carbonyl (C=O) groups is 1. The van der Waals surface area contributed by atoms with Gasteiger partial charge in [-0.15, -0.1) is 0 Å². The molecule has 1 N–H and O–H groups in total. The smallest absolute Gasteiger partial charge is 0.252 e. The number of hydrogen-bond acceptors (Lipinski definition) is 1. The Labute approximate surface area is 123 Å². The molecule has 2 nitrogen and oxygen atoms in total. The normalized spacial score (nSPS) is 15.7. The Bertz CT molecular complexity index is 620. The van der Waals surface area contributed by atoms with E-state index < -0.39 is 0 Å². The van der Waals surface area contributed by atoms with Crippen LogP contribution in [0.5, 0.6) is 0 Å². The van der Waals surface area contributed by atoms with E-state index in [9.17, 15) is 4.79 Å². The molecule has 1 aliphatic carbocycles. The van der Waals surface area contributed by atoms with Crippen molar-refractivity contribution < 1.29 is 4.79 Å². The second-order valence-electron chi connectivity index (χ2n) is 5.31. The van der Waals surface area contributed by atoms with Crippen molar-refractivity contribution in [3.8, 4) is 0 Å². The van der Waals surface area contributed by atoms with Crippen molar-refractivity contribution in [2.45, 2.75) is 18.3 Å². The lowest BCUT2D eigenvalue weighted by Gasteiger charge is -2.16. The SMILES string of the molecule is O=C(NCC1(c2ccccc2)CC1)c1ccccc1Cl. The fourth-order valence-electron chi connectivity index (χ4n) is 2.50. The minimum Gasteiger partial charge on any atom is -0.351 e. The van der Waals surface area contributed by atoms with Crippen molar-refractivity contribution in [1.82, 2.24) is 5.32 Å². The first kappa shape index (κ1) is 13.2. The molecule has 3 heteroatoms. The molecule has 0 aliphatic heterocycles. The monoisotopic (exact) mass is 285 g/mol. The maximum absolute atomic E-state index is 12.2. The van der Waals surface area contributed by atoms with Gasteiger partial charge in [-0.3, -0.25) is 4.79 Å². The number of halogens is 1. The van der Waals surface area contributed by atoms with Gasteiger partial charge in [-0.05, 0) is 30.5 Å². The fraction of sp³-hybridized carbons (Fsp3) is 0.235. The summed E-state index contributed by atoms with van der Waals surface area (Å²) in [6, 6.07) is 17.5. The van der Waals surface area contributed by atoms with Crippen molar-refractivity contribution in [3.05, 3.63) is 70.7 Å². The third-order valence-electron chi connectivity index (χ3n) is 3.95. The maximum atomic E-state index is 12.2. The predicted octanol–water partition coefficient (Wildman–Crippen LogP) is 3.80. The topological polar surface area (TPSA) is 29.1 Å². The van der Waals surface area contributed by atoms with Gasteiger partial charge in [0.1, 0.15) is 0 Å². The second kappa shape index (κ2) is 5.29. The summed E-state index contributed by atoms with van der Waals surface area (Å²) in [6.45, 7) is 0.668. The molecule has 1 fully saturated rings. The van der Waals surface area contributed by atoms with E-state index in [0.29, 0.717) is 17.1 Å². The highest BCUT2D eigenvalue weighted by Gasteiger charge is 2.44. The van der Waals surface area contributed by atoms with Crippen molar-refractivity contribution in [3.63, 3.8) is 0 Å². The van der Waals surface area contributed by atoms with Gasteiger partial charge in [0.15, 0.2) is 0 Å². The van der Waals surface area contributed by atoms with Gasteiger partial charge in [-0.1, -0.05) is 54.1 Å². The molecular formula is C17H16ClNO. The summed E-state index contributed by atoms with van der Waals surface area (Å²) in [4.78, 5) is 12.2. The van der Waals surface area contributed by atoms with E-state index in [2.05, 4.69) is 17.4 Å². The molecule has 0 spiro atoms. The molecule has 1 amide bonds. The Kier molecular flexibility index (Phi) is 3.49. The van der Waals surface area contributed by atoms with Gasteiger partial charge in [0.05, 0.1) is 10.6 Å². The third kappa shape index (κ3) is 2.56. The number of nitrogens with one attached hydrogen (secondary N) is 1. The van der Waals surface area contributed by atoms with Crippen LogP contribution in [0, 0.1) is 0 Å². The highest BCUT2D eigenvalue weighted by Crippen LogP contribution is 2.47. The molecule has 0 bridgehead atoms. The van der Waals surface area contributed by atoms with E-state index in [1.54, 1.807) is 12.1 Å². The van der Waals surface area contributed by atoms with Crippen LogP contribution in [0.15, 0.2) is 54.6 Å². The third-order valence-corrected chi connectivity index (χ3v) is 4.28. The standard InChI is InChI=1S/C17H16ClNO/c18-15-9-5-4-8-14(15)16(20)19-12-17(10-11-17)13-6-2-1-3-7-13/h1-9H,10-12H2,(H,19,20). The molecule has 1 aliphatic rings. The summed E-state index contributed by atoms with van der Waals surface area (Å²) < 4.78 is 0. The first-order valence-corrected chi connectivity index (χ1v) is 7.17. The molecule has 0 atom stereocenters. The lowest BCUT2D eigenvalue weighted by atomic mass is 9.96. The minimum absolute atomic E-state index is 0.0993. The van der Waals surface area contributed by atoms with Crippen LogP contribution < -0.4 is 5.32 Å². The summed E-state index contributed by atoms with van der Waals surface area (Å²) in [5.74, 6) is -0.0993. The van der Waals surface area contributed by atoms with Crippen LogP contribution in [-0.2, 0) is 5.41 Å². The highest BCUT2D eigenvalue weighted by atomic mass is 35.5. The van der Waals surface area contributed by atoms with Gasteiger partial charge in [0.2, 0.25) is 0 Å². The molecule has 0 aromatic heterocycles. The van der Waals surface area contributed by atoms with E-state index in [1.807, 2.05) is 30.3 Å². The molecular weight excluding hydrogens is 270 g/mol. The predicted molar refractivity (Wildman–Crippen MR) is 81.1 cm³/mol. The van der Waals surface area contributed by atoms with E-state index in [0.717, 1.165) is 12.8 Å². The maximum Gasteiger partial charge on any atom is 0.252 e. The largest absolute Gasteiger partial charge is 0.351 e. The Morgan fingerprint density at radius 3 is 2.35 bits per heavy atom. The minimum atomic E-state index is -0.0993. The molecule has 2 aromatic carbocycles. The van der Waals surface area contributed by atoms with Crippen LogP contribution in [0.2, 0.25) is 5.02 Å². The van der Waals surface area contributed by atoms with E-state index in [4.69, 9.17) is 11.6 Å². The zero-order valence-corrected chi connectivity index (χ0v) is 11.9. The van der Waals surface area contributed by atoms with Gasteiger partial charge >= 0.3 is 0 Å². The van der Waals surface area contributed by atoms with Crippen molar-refractivity contribution in [1.29, 1.82) is 0 Å². The molecule has 20 heavy (non-hydrogen) atoms. The van der Waals surface area contributed by atoms with Crippen molar-refractivity contribution >= 4 is 17.5 Å². The summed E-state index contributed by atoms with van der Waals surface area (Å²) in [5, 5.41) is 3.51. The molecule has 0 radical (unpaired) electrons. The average molecular weight is 286 g/mol. The van der Waals surface area contributed by atoms with Crippen LogP contribution in [0.25, 0.3) is 0 Å². The van der Waals surface area contributed by atoms with E-state index in [-0.39, 0.29) is 11.3 Å². The zero-order chi connectivity index (χ0) is 14.0. The van der Waals surface area contributed by atoms with Crippen molar-refractivity contribution in [2.75, 3.05) is 6.54 Å². The highest BCUT2D eigenvalue weighted by molar-refractivity contribution is 6.33. The summed E-state index contributed by atoms with van der Waals surface area (Å²) >= 11 is 6.04. The Balaban J connectivity index is 1.69. The number of rotatable bonds is 4. The van der Waals surface area contributed by atoms with Crippen molar-refractivity contribution in [2.24, 2.45) is 0 Å². The first-order valence-electron chi connectivity index (χ1n) is 6.80. The Morgan fingerprint density at radius 2 is 1.70 bits per heavy atom. The second-order valence-corrected chi connectivity index (χ2v) is 5.72. The van der Waals surface area contributed by atoms with Crippen LogP contribution >= 0.6 is 11.6 Å².